The molecule has 616 valence electrons. The first kappa shape index (κ1) is 91.0. The quantitative estimate of drug-likeness (QED) is 0.0848. The molecular weight excluding hydrogens is 1490 g/mol. The van der Waals surface area contributed by atoms with E-state index in [-0.39, 0.29) is 51.9 Å². The molecule has 0 saturated heterocycles. The van der Waals surface area contributed by atoms with E-state index in [1.165, 1.54) is 57.0 Å². The summed E-state index contributed by atoms with van der Waals surface area (Å²) >= 11 is 5.94. The van der Waals surface area contributed by atoms with E-state index in [9.17, 15) is 58.3 Å². The molecule has 0 aliphatic heterocycles. The second-order valence-corrected chi connectivity index (χ2v) is 32.2. The van der Waals surface area contributed by atoms with Crippen LogP contribution in [0.5, 0.6) is 0 Å². The molecule has 0 fully saturated rings. The Labute approximate surface area is 661 Å². The van der Waals surface area contributed by atoms with E-state index < -0.39 is 84.1 Å². The summed E-state index contributed by atoms with van der Waals surface area (Å²) in [5.41, 5.74) is 14.8. The van der Waals surface area contributed by atoms with Crippen molar-refractivity contribution in [1.29, 1.82) is 0 Å². The third-order valence-electron chi connectivity index (χ3n) is 19.4. The SMILES string of the molecule is CC(=O)c1c(C)n(C(C)C)c2ccccc12.CC(C)c1cn(C)c2ccc(CN)cc12.CC(C)n1ccc2ccc(Cl)cc21.CC(C)n1nc(C(C)(F)F)c2c1CCC2=O.CC(F)c1nn(C(C)C)c2c1C(F)(F)CCC2(F)F.Cc1c(C(C)F)nn(C(C)C)c1C(F)F.Cc1cn(C)c2ccc(NC(=O)OC(C)(C)C)cc12. The molecule has 2 unspecified atom stereocenters. The molecule has 27 heteroatoms. The number of Topliss-reactive ketones (excluding diaryl/α,β-unsaturated/α-hetero) is 2. The van der Waals surface area contributed by atoms with Gasteiger partial charge < -0.3 is 28.7 Å². The van der Waals surface area contributed by atoms with E-state index in [0.717, 1.165) is 62.3 Å². The number of fused-ring (bicyclic) bond motifs is 6. The Kier molecular flexibility index (Phi) is 29.4. The number of aromatic nitrogens is 10. The minimum atomic E-state index is -3.46. The van der Waals surface area contributed by atoms with Crippen LogP contribution in [0, 0.1) is 20.8 Å². The molecule has 0 saturated carbocycles. The van der Waals surface area contributed by atoms with Crippen molar-refractivity contribution in [2.24, 2.45) is 19.8 Å². The number of aryl methyl sites for hydroxylation is 3. The van der Waals surface area contributed by atoms with E-state index in [1.54, 1.807) is 39.3 Å². The zero-order chi connectivity index (χ0) is 84.9. The second kappa shape index (κ2) is 36.5. The second-order valence-electron chi connectivity index (χ2n) is 31.7. The molecule has 0 bridgehead atoms. The number of ether oxygens (including phenoxy) is 1. The summed E-state index contributed by atoms with van der Waals surface area (Å²) in [6.07, 6.45) is -0.882. The number of amides is 1. The summed E-state index contributed by atoms with van der Waals surface area (Å²) in [7, 11) is 4.10. The summed E-state index contributed by atoms with van der Waals surface area (Å²) in [6.45, 7) is 39.8. The van der Waals surface area contributed by atoms with Crippen LogP contribution in [-0.2, 0) is 49.6 Å². The van der Waals surface area contributed by atoms with Crippen molar-refractivity contribution < 1.29 is 63.0 Å². The first-order valence-corrected chi connectivity index (χ1v) is 38.5. The maximum atomic E-state index is 13.9. The monoisotopic (exact) mass is 1600 g/mol. The molecule has 0 spiro atoms. The standard InChI is InChI=1S/C15H20N2O2.C14H17NO.C13H18N2.C12H15F5N2.C11H12ClN.C11H14F2N2O.C10H15F3N2/c1-10-9-17(5)13-7-6-11(8-12(10)13)16-14(18)19-15(2,3)4;1-9(2)15-10(3)14(11(4)16)12-7-5-6-8-13(12)15;1-9(2)12-8-15(3)13-5-4-10(7-14)6-11(12)13;1-6(2)19-10-8(9(18-19)7(3)13)11(14,15)4-5-12(10,16)17;1-8(2)13-6-5-9-3-4-10(12)7-11(9)13;1-6(2)15-7-4-5-8(16)9(7)10(14-15)11(3,12)13;1-5(2)15-9(10(12)13)6(3)8(14-15)7(4)11/h6-9H,1-5H3,(H,16,18);5-9H,1-4H3;4-6,8-9H,7,14H2,1-3H3;6-7H,4-5H2,1-3H3;3-8H,1-2H3;6H,4-5H2,1-3H3;5,7,10H,1-4H3. The van der Waals surface area contributed by atoms with Crippen LogP contribution in [0.2, 0.25) is 5.02 Å². The number of para-hydroxylation sites is 1. The minimum absolute atomic E-state index is 0.00394. The van der Waals surface area contributed by atoms with Crippen LogP contribution < -0.4 is 11.1 Å². The van der Waals surface area contributed by atoms with Gasteiger partial charge in [0, 0.05) is 161 Å². The van der Waals surface area contributed by atoms with Crippen LogP contribution in [0.1, 0.15) is 294 Å². The fraction of sp³-hybridized carbons (Fsp3) is 0.488. The highest BCUT2D eigenvalue weighted by Crippen LogP contribution is 2.53. The lowest BCUT2D eigenvalue weighted by molar-refractivity contribution is -0.101. The predicted molar refractivity (Wildman–Crippen MR) is 433 cm³/mol. The highest BCUT2D eigenvalue weighted by Gasteiger charge is 2.55. The third-order valence-corrected chi connectivity index (χ3v) is 19.6. The van der Waals surface area contributed by atoms with Crippen molar-refractivity contribution in [2.75, 3.05) is 5.32 Å². The van der Waals surface area contributed by atoms with Crippen LogP contribution in [0.25, 0.3) is 43.6 Å². The normalized spacial score (nSPS) is 14.3. The Hall–Kier alpha value is -9.17. The predicted octanol–water partition coefficient (Wildman–Crippen LogP) is 25.1. The number of rotatable bonds is 13. The number of nitrogens with two attached hydrogens (primary N) is 1. The fourth-order valence-electron chi connectivity index (χ4n) is 14.3. The van der Waals surface area contributed by atoms with Crippen LogP contribution in [0.15, 0.2) is 104 Å². The molecule has 7 heterocycles. The van der Waals surface area contributed by atoms with Gasteiger partial charge in [0.25, 0.3) is 24.2 Å². The molecule has 3 N–H and O–H groups in total. The third kappa shape index (κ3) is 21.1. The molecule has 4 aromatic carbocycles. The fourth-order valence-corrected chi connectivity index (χ4v) is 14.4. The largest absolute Gasteiger partial charge is 0.444 e. The summed E-state index contributed by atoms with van der Waals surface area (Å²) in [5, 5.41) is 19.8. The number of hydrogen-bond acceptors (Lipinski definition) is 8. The lowest BCUT2D eigenvalue weighted by Crippen LogP contribution is -2.33. The molecule has 7 aromatic heterocycles. The van der Waals surface area contributed by atoms with E-state index in [2.05, 4.69) is 149 Å². The van der Waals surface area contributed by atoms with Gasteiger partial charge in [-0.3, -0.25) is 29.0 Å². The van der Waals surface area contributed by atoms with Gasteiger partial charge in [0.2, 0.25) is 0 Å². The topological polar surface area (TPSA) is 172 Å². The van der Waals surface area contributed by atoms with Gasteiger partial charge in [-0.05, 0) is 221 Å². The van der Waals surface area contributed by atoms with Crippen molar-refractivity contribution in [2.45, 2.75) is 263 Å². The Morgan fingerprint density at radius 2 is 1.21 bits per heavy atom. The van der Waals surface area contributed by atoms with Crippen LogP contribution >= 0.6 is 11.6 Å². The van der Waals surface area contributed by atoms with E-state index in [4.69, 9.17) is 22.1 Å². The lowest BCUT2D eigenvalue weighted by Gasteiger charge is -2.30. The van der Waals surface area contributed by atoms with Gasteiger partial charge in [0.05, 0.1) is 22.5 Å². The van der Waals surface area contributed by atoms with Crippen molar-refractivity contribution in [3.63, 3.8) is 0 Å². The summed E-state index contributed by atoms with van der Waals surface area (Å²) < 4.78 is 152. The van der Waals surface area contributed by atoms with Gasteiger partial charge in [0.1, 0.15) is 40.7 Å². The number of nitrogens with one attached hydrogen (secondary N) is 1. The van der Waals surface area contributed by atoms with Crippen LogP contribution in [-0.4, -0.2) is 70.9 Å². The molecule has 11 aromatic rings. The smallest absolute Gasteiger partial charge is 0.412 e. The van der Waals surface area contributed by atoms with Crippen molar-refractivity contribution in [3.8, 4) is 0 Å². The molecule has 2 aliphatic rings. The Bertz CT molecular complexity index is 5100. The zero-order valence-electron chi connectivity index (χ0n) is 69.4. The number of halogens is 11. The molecule has 1 amide bonds. The van der Waals surface area contributed by atoms with Crippen molar-refractivity contribution >= 4 is 78.6 Å². The lowest BCUT2D eigenvalue weighted by atomic mass is 9.88. The Morgan fingerprint density at radius 1 is 0.637 bits per heavy atom. The number of carbonyl (C=O) groups excluding carboxylic acids is 3. The van der Waals surface area contributed by atoms with Gasteiger partial charge in [-0.1, -0.05) is 55.8 Å². The first-order valence-electron chi connectivity index (χ1n) is 38.1. The number of ketones is 2. The zero-order valence-corrected chi connectivity index (χ0v) is 70.1. The average molecular weight is 1600 g/mol. The van der Waals surface area contributed by atoms with Crippen LogP contribution in [0.4, 0.5) is 54.4 Å². The summed E-state index contributed by atoms with van der Waals surface area (Å²) in [5.74, 6) is -9.42. The maximum Gasteiger partial charge on any atom is 0.412 e. The van der Waals surface area contributed by atoms with Gasteiger partial charge in [0.15, 0.2) is 11.6 Å². The maximum absolute atomic E-state index is 13.9. The molecule has 2 aliphatic carbocycles. The average Bonchev–Trinajstić information content (AvgIpc) is 1.61. The number of anilines is 1. The van der Waals surface area contributed by atoms with E-state index >= 15 is 0 Å². The van der Waals surface area contributed by atoms with E-state index in [1.807, 2.05) is 97.1 Å². The van der Waals surface area contributed by atoms with Crippen molar-refractivity contribution in [3.05, 3.63) is 187 Å². The number of nitrogens with zero attached hydrogens (tertiary/aromatic N) is 10. The van der Waals surface area contributed by atoms with Crippen molar-refractivity contribution in [1.82, 2.24) is 47.6 Å². The van der Waals surface area contributed by atoms with Crippen LogP contribution in [0.3, 0.4) is 0 Å². The first-order chi connectivity index (χ1) is 52.4. The molecule has 113 heavy (non-hydrogen) atoms. The highest BCUT2D eigenvalue weighted by molar-refractivity contribution is 6.31. The highest BCUT2D eigenvalue weighted by atomic mass is 35.5. The van der Waals surface area contributed by atoms with Gasteiger partial charge in [-0.2, -0.15) is 32.9 Å². The number of carbonyl (C=O) groups is 3. The molecule has 13 rings (SSSR count). The number of benzene rings is 4. The molecule has 0 radical (unpaired) electrons. The summed E-state index contributed by atoms with van der Waals surface area (Å²) in [6, 6.07) is 28.6. The van der Waals surface area contributed by atoms with Gasteiger partial charge in [-0.25, -0.2) is 31.1 Å². The molecular formula is C86H111ClF10N12O4. The van der Waals surface area contributed by atoms with Gasteiger partial charge >= 0.3 is 6.09 Å². The van der Waals surface area contributed by atoms with E-state index in [0.29, 0.717) is 43.1 Å². The number of hydrogen-bond donors (Lipinski definition) is 2. The summed E-state index contributed by atoms with van der Waals surface area (Å²) in [4.78, 5) is 35.0. The number of alkyl halides is 10. The van der Waals surface area contributed by atoms with Gasteiger partial charge in [-0.15, -0.1) is 0 Å². The molecule has 16 nitrogen and oxygen atoms in total. The Morgan fingerprint density at radius 3 is 1.74 bits per heavy atom. The molecule has 2 atom stereocenters. The Balaban J connectivity index is 0.000000183. The minimum Gasteiger partial charge on any atom is -0.444 e.